The Balaban J connectivity index is 2.37. The Kier molecular flexibility index (Phi) is 3.71. The van der Waals surface area contributed by atoms with Gasteiger partial charge in [0.25, 0.3) is 0 Å². The molecule has 0 saturated carbocycles. The van der Waals surface area contributed by atoms with Gasteiger partial charge in [0.2, 0.25) is 0 Å². The molecular formula is C17H12ClF2NO. The monoisotopic (exact) mass is 319 g/mol. The molecule has 0 spiro atoms. The van der Waals surface area contributed by atoms with E-state index in [0.29, 0.717) is 28.2 Å². The molecular weight excluding hydrogens is 308 g/mol. The molecule has 2 aromatic carbocycles. The number of hydrogen-bond acceptors (Lipinski definition) is 1. The standard InChI is InChI=1S/C17H12ClF2NO/c1-2-21-9-13(10-3-5-11(18)6-4-10)17(22)12-7-14(19)15(20)8-16(12)21/h3-9H,2H2,1H3. The smallest absolute Gasteiger partial charge is 0.197 e. The van der Waals surface area contributed by atoms with Crippen LogP contribution < -0.4 is 5.43 Å². The fourth-order valence-corrected chi connectivity index (χ4v) is 2.61. The summed E-state index contributed by atoms with van der Waals surface area (Å²) in [5, 5.41) is 0.724. The van der Waals surface area contributed by atoms with Crippen molar-refractivity contribution in [2.24, 2.45) is 0 Å². The molecule has 0 aliphatic heterocycles. The molecule has 0 radical (unpaired) electrons. The van der Waals surface area contributed by atoms with E-state index in [9.17, 15) is 13.6 Å². The highest BCUT2D eigenvalue weighted by molar-refractivity contribution is 6.30. The SMILES string of the molecule is CCn1cc(-c2ccc(Cl)cc2)c(=O)c2cc(F)c(F)cc21. The van der Waals surface area contributed by atoms with Gasteiger partial charge in [0, 0.05) is 34.8 Å². The third-order valence-corrected chi connectivity index (χ3v) is 3.87. The summed E-state index contributed by atoms with van der Waals surface area (Å²) in [5.41, 5.74) is 1.16. The highest BCUT2D eigenvalue weighted by atomic mass is 35.5. The van der Waals surface area contributed by atoms with E-state index in [1.165, 1.54) is 0 Å². The molecule has 0 unspecified atom stereocenters. The van der Waals surface area contributed by atoms with Gasteiger partial charge < -0.3 is 4.57 Å². The Labute approximate surface area is 130 Å². The first kappa shape index (κ1) is 14.7. The molecule has 1 aromatic heterocycles. The lowest BCUT2D eigenvalue weighted by Crippen LogP contribution is -2.12. The number of fused-ring (bicyclic) bond motifs is 1. The molecule has 0 aliphatic rings. The minimum absolute atomic E-state index is 0.160. The molecule has 3 aromatic rings. The average molecular weight is 320 g/mol. The zero-order valence-electron chi connectivity index (χ0n) is 11.7. The van der Waals surface area contributed by atoms with Gasteiger partial charge in [-0.05, 0) is 30.7 Å². The molecule has 0 N–H and O–H groups in total. The van der Waals surface area contributed by atoms with E-state index in [4.69, 9.17) is 11.6 Å². The van der Waals surface area contributed by atoms with Crippen molar-refractivity contribution in [2.45, 2.75) is 13.5 Å². The Morgan fingerprint density at radius 1 is 1.09 bits per heavy atom. The summed E-state index contributed by atoms with van der Waals surface area (Å²) < 4.78 is 28.7. The molecule has 112 valence electrons. The van der Waals surface area contributed by atoms with Crippen LogP contribution in [0.5, 0.6) is 0 Å². The van der Waals surface area contributed by atoms with Gasteiger partial charge in [-0.2, -0.15) is 0 Å². The molecule has 0 amide bonds. The second-order valence-corrected chi connectivity index (χ2v) is 5.38. The summed E-state index contributed by atoms with van der Waals surface area (Å²) in [6.07, 6.45) is 1.66. The van der Waals surface area contributed by atoms with E-state index in [0.717, 1.165) is 12.1 Å². The Morgan fingerprint density at radius 2 is 1.73 bits per heavy atom. The lowest BCUT2D eigenvalue weighted by molar-refractivity contribution is 0.510. The molecule has 0 bridgehead atoms. The molecule has 2 nitrogen and oxygen atoms in total. The van der Waals surface area contributed by atoms with Crippen molar-refractivity contribution >= 4 is 22.5 Å². The number of pyridine rings is 1. The first-order valence-corrected chi connectivity index (χ1v) is 7.17. The van der Waals surface area contributed by atoms with E-state index < -0.39 is 11.6 Å². The van der Waals surface area contributed by atoms with Crippen LogP contribution in [0.15, 0.2) is 47.4 Å². The summed E-state index contributed by atoms with van der Waals surface area (Å²) >= 11 is 5.86. The molecule has 3 rings (SSSR count). The van der Waals surface area contributed by atoms with Crippen LogP contribution in [0, 0.1) is 11.6 Å². The number of nitrogens with zero attached hydrogens (tertiary/aromatic N) is 1. The highest BCUT2D eigenvalue weighted by Crippen LogP contribution is 2.23. The summed E-state index contributed by atoms with van der Waals surface area (Å²) in [6.45, 7) is 2.40. The number of rotatable bonds is 2. The van der Waals surface area contributed by atoms with Crippen LogP contribution in [0.2, 0.25) is 5.02 Å². The zero-order chi connectivity index (χ0) is 15.9. The Morgan fingerprint density at radius 3 is 2.36 bits per heavy atom. The van der Waals surface area contributed by atoms with Crippen LogP contribution in [0.3, 0.4) is 0 Å². The van der Waals surface area contributed by atoms with Crippen molar-refractivity contribution in [3.8, 4) is 11.1 Å². The van der Waals surface area contributed by atoms with Gasteiger partial charge in [-0.15, -0.1) is 0 Å². The second-order valence-electron chi connectivity index (χ2n) is 4.95. The largest absolute Gasteiger partial charge is 0.347 e. The minimum atomic E-state index is -1.03. The Bertz CT molecular complexity index is 917. The van der Waals surface area contributed by atoms with E-state index in [2.05, 4.69) is 0 Å². The third kappa shape index (κ3) is 2.40. The van der Waals surface area contributed by atoms with Gasteiger partial charge in [0.05, 0.1) is 5.52 Å². The van der Waals surface area contributed by atoms with Gasteiger partial charge in [0.1, 0.15) is 0 Å². The van der Waals surface area contributed by atoms with E-state index in [1.807, 2.05) is 6.92 Å². The first-order valence-electron chi connectivity index (χ1n) is 6.79. The maximum absolute atomic E-state index is 13.5. The van der Waals surface area contributed by atoms with E-state index in [-0.39, 0.29) is 10.8 Å². The quantitative estimate of drug-likeness (QED) is 0.675. The third-order valence-electron chi connectivity index (χ3n) is 3.62. The van der Waals surface area contributed by atoms with Crippen molar-refractivity contribution in [1.82, 2.24) is 4.57 Å². The molecule has 0 saturated heterocycles. The molecule has 1 heterocycles. The highest BCUT2D eigenvalue weighted by Gasteiger charge is 2.13. The predicted molar refractivity (Wildman–Crippen MR) is 84.2 cm³/mol. The van der Waals surface area contributed by atoms with Gasteiger partial charge >= 0.3 is 0 Å². The van der Waals surface area contributed by atoms with E-state index in [1.54, 1.807) is 35.0 Å². The zero-order valence-corrected chi connectivity index (χ0v) is 12.5. The number of halogens is 3. The molecule has 0 atom stereocenters. The molecule has 0 fully saturated rings. The predicted octanol–water partition coefficient (Wildman–Crippen LogP) is 4.62. The van der Waals surface area contributed by atoms with Gasteiger partial charge in [0.15, 0.2) is 17.1 Å². The average Bonchev–Trinajstić information content (AvgIpc) is 2.51. The van der Waals surface area contributed by atoms with Crippen LogP contribution in [0.4, 0.5) is 8.78 Å². The van der Waals surface area contributed by atoms with Crippen molar-refractivity contribution in [3.63, 3.8) is 0 Å². The second kappa shape index (κ2) is 5.54. The summed E-state index contributed by atoms with van der Waals surface area (Å²) in [7, 11) is 0. The maximum atomic E-state index is 13.5. The van der Waals surface area contributed by atoms with Gasteiger partial charge in [-0.1, -0.05) is 23.7 Å². The van der Waals surface area contributed by atoms with Crippen molar-refractivity contribution < 1.29 is 8.78 Å². The van der Waals surface area contributed by atoms with Crippen LogP contribution in [0.25, 0.3) is 22.0 Å². The summed E-state index contributed by atoms with van der Waals surface area (Å²) in [5.74, 6) is -1.99. The number of aromatic nitrogens is 1. The first-order chi connectivity index (χ1) is 10.5. The summed E-state index contributed by atoms with van der Waals surface area (Å²) in [6, 6.07) is 8.83. The van der Waals surface area contributed by atoms with Crippen LogP contribution in [0.1, 0.15) is 6.92 Å². The fourth-order valence-electron chi connectivity index (χ4n) is 2.48. The lowest BCUT2D eigenvalue weighted by atomic mass is 10.0. The van der Waals surface area contributed by atoms with Crippen LogP contribution >= 0.6 is 11.6 Å². The van der Waals surface area contributed by atoms with Crippen molar-refractivity contribution in [2.75, 3.05) is 0 Å². The number of aryl methyl sites for hydroxylation is 1. The molecule has 5 heteroatoms. The number of hydrogen-bond donors (Lipinski definition) is 0. The van der Waals surface area contributed by atoms with Gasteiger partial charge in [-0.25, -0.2) is 8.78 Å². The number of benzene rings is 2. The van der Waals surface area contributed by atoms with Crippen LogP contribution in [-0.4, -0.2) is 4.57 Å². The fraction of sp³-hybridized carbons (Fsp3) is 0.118. The Hall–Kier alpha value is -2.20. The molecule has 0 aliphatic carbocycles. The maximum Gasteiger partial charge on any atom is 0.197 e. The summed E-state index contributed by atoms with van der Waals surface area (Å²) in [4.78, 5) is 12.6. The normalized spacial score (nSPS) is 11.1. The van der Waals surface area contributed by atoms with Gasteiger partial charge in [-0.3, -0.25) is 4.79 Å². The lowest BCUT2D eigenvalue weighted by Gasteiger charge is -2.12. The van der Waals surface area contributed by atoms with Crippen molar-refractivity contribution in [3.05, 3.63) is 69.5 Å². The van der Waals surface area contributed by atoms with Crippen molar-refractivity contribution in [1.29, 1.82) is 0 Å². The molecule has 22 heavy (non-hydrogen) atoms. The van der Waals surface area contributed by atoms with Crippen LogP contribution in [-0.2, 0) is 6.54 Å². The topological polar surface area (TPSA) is 22.0 Å². The van der Waals surface area contributed by atoms with E-state index >= 15 is 0 Å². The minimum Gasteiger partial charge on any atom is -0.347 e.